The molecule has 0 radical (unpaired) electrons. The Hall–Kier alpha value is -1.92. The van der Waals surface area contributed by atoms with Gasteiger partial charge in [0.05, 0.1) is 6.54 Å². The standard InChI is InChI=1S/C15H22N4O2/c1-18(11-14(20)19-8-4-5-9-19)10-12-6-2-3-7-13(12)15(21)17-16/h2-3,6-7H,4-5,8-11,16H2,1H3,(H,17,21). The minimum atomic E-state index is -0.315. The van der Waals surface area contributed by atoms with Gasteiger partial charge in [0, 0.05) is 25.2 Å². The van der Waals surface area contributed by atoms with Gasteiger partial charge in [-0.2, -0.15) is 0 Å². The number of amides is 2. The molecule has 114 valence electrons. The minimum Gasteiger partial charge on any atom is -0.342 e. The largest absolute Gasteiger partial charge is 0.342 e. The third kappa shape index (κ3) is 4.03. The van der Waals surface area contributed by atoms with Gasteiger partial charge in [-0.15, -0.1) is 0 Å². The molecule has 0 unspecified atom stereocenters. The lowest BCUT2D eigenvalue weighted by atomic mass is 10.1. The van der Waals surface area contributed by atoms with Crippen LogP contribution in [-0.2, 0) is 11.3 Å². The Balaban J connectivity index is 1.97. The highest BCUT2D eigenvalue weighted by molar-refractivity contribution is 5.95. The zero-order valence-corrected chi connectivity index (χ0v) is 12.3. The first-order valence-corrected chi connectivity index (χ1v) is 7.17. The Morgan fingerprint density at radius 3 is 2.62 bits per heavy atom. The number of benzene rings is 1. The number of likely N-dealkylation sites (N-methyl/N-ethyl adjacent to an activating group) is 1. The molecule has 0 atom stereocenters. The molecule has 1 saturated heterocycles. The van der Waals surface area contributed by atoms with Crippen LogP contribution in [-0.4, -0.2) is 48.3 Å². The first-order chi connectivity index (χ1) is 10.1. The molecule has 0 spiro atoms. The van der Waals surface area contributed by atoms with Crippen LogP contribution < -0.4 is 11.3 Å². The van der Waals surface area contributed by atoms with Crippen LogP contribution >= 0.6 is 0 Å². The number of carbonyl (C=O) groups is 2. The Morgan fingerprint density at radius 1 is 1.29 bits per heavy atom. The van der Waals surface area contributed by atoms with Crippen molar-refractivity contribution in [2.45, 2.75) is 19.4 Å². The van der Waals surface area contributed by atoms with Crippen molar-refractivity contribution < 1.29 is 9.59 Å². The Morgan fingerprint density at radius 2 is 1.95 bits per heavy atom. The SMILES string of the molecule is CN(CC(=O)N1CCCC1)Cc1ccccc1C(=O)NN. The lowest BCUT2D eigenvalue weighted by molar-refractivity contribution is -0.131. The molecule has 6 nitrogen and oxygen atoms in total. The van der Waals surface area contributed by atoms with Gasteiger partial charge >= 0.3 is 0 Å². The maximum absolute atomic E-state index is 12.1. The molecule has 1 aromatic carbocycles. The van der Waals surface area contributed by atoms with E-state index in [-0.39, 0.29) is 11.8 Å². The van der Waals surface area contributed by atoms with Crippen LogP contribution in [0.15, 0.2) is 24.3 Å². The molecule has 1 aromatic rings. The number of nitrogens with two attached hydrogens (primary N) is 1. The number of hydrazine groups is 1. The quantitative estimate of drug-likeness (QED) is 0.466. The van der Waals surface area contributed by atoms with E-state index in [9.17, 15) is 9.59 Å². The number of hydrogen-bond acceptors (Lipinski definition) is 4. The third-order valence-electron chi connectivity index (χ3n) is 3.70. The summed E-state index contributed by atoms with van der Waals surface area (Å²) in [5, 5.41) is 0. The second kappa shape index (κ2) is 7.19. The molecule has 0 aromatic heterocycles. The van der Waals surface area contributed by atoms with Crippen molar-refractivity contribution in [3.05, 3.63) is 35.4 Å². The molecule has 3 N–H and O–H groups in total. The first-order valence-electron chi connectivity index (χ1n) is 7.17. The average molecular weight is 290 g/mol. The number of nitrogen functional groups attached to an aromatic ring is 1. The van der Waals surface area contributed by atoms with Crippen LogP contribution in [0.5, 0.6) is 0 Å². The van der Waals surface area contributed by atoms with Gasteiger partial charge in [0.25, 0.3) is 5.91 Å². The monoisotopic (exact) mass is 290 g/mol. The topological polar surface area (TPSA) is 78.7 Å². The Labute approximate surface area is 124 Å². The summed E-state index contributed by atoms with van der Waals surface area (Å²) in [5.41, 5.74) is 3.55. The maximum atomic E-state index is 12.1. The molecule has 1 heterocycles. The van der Waals surface area contributed by atoms with Crippen molar-refractivity contribution >= 4 is 11.8 Å². The molecule has 1 fully saturated rings. The number of likely N-dealkylation sites (tertiary alicyclic amines) is 1. The lowest BCUT2D eigenvalue weighted by Gasteiger charge is -2.22. The van der Waals surface area contributed by atoms with E-state index in [0.29, 0.717) is 18.7 Å². The average Bonchev–Trinajstić information content (AvgIpc) is 3.01. The van der Waals surface area contributed by atoms with E-state index >= 15 is 0 Å². The van der Waals surface area contributed by atoms with Crippen molar-refractivity contribution in [2.24, 2.45) is 5.84 Å². The van der Waals surface area contributed by atoms with Gasteiger partial charge in [0.15, 0.2) is 0 Å². The van der Waals surface area contributed by atoms with Crippen molar-refractivity contribution in [3.8, 4) is 0 Å². The first kappa shape index (κ1) is 15.5. The number of nitrogens with one attached hydrogen (secondary N) is 1. The number of rotatable bonds is 5. The van der Waals surface area contributed by atoms with E-state index in [1.165, 1.54) is 0 Å². The van der Waals surface area contributed by atoms with Gasteiger partial charge in [-0.1, -0.05) is 18.2 Å². The van der Waals surface area contributed by atoms with Gasteiger partial charge in [-0.25, -0.2) is 5.84 Å². The zero-order valence-electron chi connectivity index (χ0n) is 12.3. The van der Waals surface area contributed by atoms with Gasteiger partial charge in [0.2, 0.25) is 5.91 Å². The summed E-state index contributed by atoms with van der Waals surface area (Å²) >= 11 is 0. The van der Waals surface area contributed by atoms with Crippen LogP contribution in [0.2, 0.25) is 0 Å². The van der Waals surface area contributed by atoms with E-state index in [1.54, 1.807) is 12.1 Å². The highest BCUT2D eigenvalue weighted by Crippen LogP contribution is 2.12. The van der Waals surface area contributed by atoms with E-state index in [2.05, 4.69) is 5.43 Å². The summed E-state index contributed by atoms with van der Waals surface area (Å²) in [6.07, 6.45) is 2.18. The summed E-state index contributed by atoms with van der Waals surface area (Å²) in [6, 6.07) is 7.28. The second-order valence-electron chi connectivity index (χ2n) is 5.39. The molecule has 2 rings (SSSR count). The fraction of sp³-hybridized carbons (Fsp3) is 0.467. The van der Waals surface area contributed by atoms with Crippen molar-refractivity contribution in [3.63, 3.8) is 0 Å². The molecule has 0 saturated carbocycles. The Kier molecular flexibility index (Phi) is 5.30. The number of carbonyl (C=O) groups excluding carboxylic acids is 2. The second-order valence-corrected chi connectivity index (χ2v) is 5.39. The summed E-state index contributed by atoms with van der Waals surface area (Å²) in [4.78, 5) is 27.6. The van der Waals surface area contributed by atoms with Crippen LogP contribution in [0, 0.1) is 0 Å². The van der Waals surface area contributed by atoms with Gasteiger partial charge in [-0.05, 0) is 31.5 Å². The Bertz CT molecular complexity index is 512. The van der Waals surface area contributed by atoms with Crippen LogP contribution in [0.4, 0.5) is 0 Å². The molecule has 1 aliphatic heterocycles. The summed E-state index contributed by atoms with van der Waals surface area (Å²) < 4.78 is 0. The predicted octanol–water partition coefficient (Wildman–Crippen LogP) is 0.344. The van der Waals surface area contributed by atoms with E-state index in [4.69, 9.17) is 5.84 Å². The smallest absolute Gasteiger partial charge is 0.265 e. The number of hydrogen-bond donors (Lipinski definition) is 2. The fourth-order valence-electron chi connectivity index (χ4n) is 2.60. The van der Waals surface area contributed by atoms with E-state index in [0.717, 1.165) is 31.5 Å². The maximum Gasteiger partial charge on any atom is 0.265 e. The molecule has 0 bridgehead atoms. The molecular formula is C15H22N4O2. The van der Waals surface area contributed by atoms with Gasteiger partial charge in [-0.3, -0.25) is 19.9 Å². The van der Waals surface area contributed by atoms with Crippen LogP contribution in [0.1, 0.15) is 28.8 Å². The zero-order chi connectivity index (χ0) is 15.2. The molecular weight excluding hydrogens is 268 g/mol. The third-order valence-corrected chi connectivity index (χ3v) is 3.70. The molecule has 0 aliphatic carbocycles. The van der Waals surface area contributed by atoms with Crippen molar-refractivity contribution in [1.82, 2.24) is 15.2 Å². The van der Waals surface area contributed by atoms with Gasteiger partial charge in [0.1, 0.15) is 0 Å². The van der Waals surface area contributed by atoms with E-state index < -0.39 is 0 Å². The molecule has 2 amide bonds. The highest BCUT2D eigenvalue weighted by atomic mass is 16.2. The summed E-state index contributed by atoms with van der Waals surface area (Å²) in [5.74, 6) is 5.03. The molecule has 6 heteroatoms. The minimum absolute atomic E-state index is 0.149. The van der Waals surface area contributed by atoms with Crippen molar-refractivity contribution in [2.75, 3.05) is 26.7 Å². The summed E-state index contributed by atoms with van der Waals surface area (Å²) in [7, 11) is 1.88. The van der Waals surface area contributed by atoms with Crippen LogP contribution in [0.25, 0.3) is 0 Å². The molecule has 21 heavy (non-hydrogen) atoms. The lowest BCUT2D eigenvalue weighted by Crippen LogP contribution is -2.37. The summed E-state index contributed by atoms with van der Waals surface area (Å²) in [6.45, 7) is 2.61. The number of nitrogens with zero attached hydrogens (tertiary/aromatic N) is 2. The normalized spacial score (nSPS) is 14.5. The van der Waals surface area contributed by atoms with E-state index in [1.807, 2.05) is 29.0 Å². The predicted molar refractivity (Wildman–Crippen MR) is 80.2 cm³/mol. The van der Waals surface area contributed by atoms with Gasteiger partial charge < -0.3 is 4.90 Å². The fourth-order valence-corrected chi connectivity index (χ4v) is 2.60. The molecule has 1 aliphatic rings. The van der Waals surface area contributed by atoms with Crippen molar-refractivity contribution in [1.29, 1.82) is 0 Å². The van der Waals surface area contributed by atoms with Crippen LogP contribution in [0.3, 0.4) is 0 Å². The highest BCUT2D eigenvalue weighted by Gasteiger charge is 2.19.